The predicted octanol–water partition coefficient (Wildman–Crippen LogP) is 2.32. The van der Waals surface area contributed by atoms with Crippen molar-refractivity contribution in [3.8, 4) is 5.69 Å². The Bertz CT molecular complexity index is 970. The largest absolute Gasteiger partial charge is 0.352 e. The fourth-order valence-electron chi connectivity index (χ4n) is 3.28. The first-order valence-electron chi connectivity index (χ1n) is 8.58. The maximum atomic E-state index is 13.3. The molecule has 4 rings (SSSR count). The van der Waals surface area contributed by atoms with Crippen LogP contribution in [0.2, 0.25) is 0 Å². The molecule has 2 aromatic carbocycles. The summed E-state index contributed by atoms with van der Waals surface area (Å²) >= 11 is 0. The lowest BCUT2D eigenvalue weighted by atomic mass is 10.0. The van der Waals surface area contributed by atoms with E-state index in [0.29, 0.717) is 29.9 Å². The number of piperazine rings is 1. The SMILES string of the molecule is O=C1NCCN(C(=O)c2ccccc2-n2cccn2)C1c1ccc(F)cc1. The second kappa shape index (κ2) is 7.03. The number of benzene rings is 2. The van der Waals surface area contributed by atoms with Crippen molar-refractivity contribution in [1.29, 1.82) is 0 Å². The van der Waals surface area contributed by atoms with E-state index in [-0.39, 0.29) is 11.8 Å². The number of amides is 2. The van der Waals surface area contributed by atoms with Crippen molar-refractivity contribution in [3.05, 3.63) is 83.9 Å². The Morgan fingerprint density at radius 2 is 1.89 bits per heavy atom. The van der Waals surface area contributed by atoms with Gasteiger partial charge in [-0.25, -0.2) is 9.07 Å². The number of aromatic nitrogens is 2. The Balaban J connectivity index is 1.74. The lowest BCUT2D eigenvalue weighted by Crippen LogP contribution is -2.52. The highest BCUT2D eigenvalue weighted by Gasteiger charge is 2.35. The second-order valence-corrected chi connectivity index (χ2v) is 6.21. The maximum Gasteiger partial charge on any atom is 0.257 e. The average Bonchev–Trinajstić information content (AvgIpc) is 3.23. The van der Waals surface area contributed by atoms with Crippen LogP contribution in [0.3, 0.4) is 0 Å². The molecule has 1 saturated heterocycles. The number of nitrogens with zero attached hydrogens (tertiary/aromatic N) is 3. The number of hydrogen-bond donors (Lipinski definition) is 1. The van der Waals surface area contributed by atoms with Gasteiger partial charge in [-0.05, 0) is 35.9 Å². The van der Waals surface area contributed by atoms with Gasteiger partial charge in [0.25, 0.3) is 5.91 Å². The number of hydrogen-bond acceptors (Lipinski definition) is 3. The van der Waals surface area contributed by atoms with E-state index in [9.17, 15) is 14.0 Å². The van der Waals surface area contributed by atoms with Crippen LogP contribution in [0.5, 0.6) is 0 Å². The van der Waals surface area contributed by atoms with Gasteiger partial charge in [0.05, 0.1) is 11.3 Å². The third-order valence-electron chi connectivity index (χ3n) is 4.54. The molecule has 3 aromatic rings. The summed E-state index contributed by atoms with van der Waals surface area (Å²) in [6, 6.07) is 13.7. The molecule has 2 heterocycles. The molecule has 1 aliphatic rings. The van der Waals surface area contributed by atoms with Crippen molar-refractivity contribution in [2.45, 2.75) is 6.04 Å². The standard InChI is InChI=1S/C20H17FN4O2/c21-15-8-6-14(7-9-15)18-19(26)22-11-13-24(18)20(27)16-4-1-2-5-17(16)25-12-3-10-23-25/h1-10,12,18H,11,13H2,(H,22,26). The third kappa shape index (κ3) is 3.19. The number of carbonyl (C=O) groups excluding carboxylic acids is 2. The van der Waals surface area contributed by atoms with Crippen LogP contribution >= 0.6 is 0 Å². The zero-order valence-corrected chi connectivity index (χ0v) is 14.4. The highest BCUT2D eigenvalue weighted by molar-refractivity contribution is 6.01. The summed E-state index contributed by atoms with van der Waals surface area (Å²) in [4.78, 5) is 27.4. The Kier molecular flexibility index (Phi) is 4.42. The van der Waals surface area contributed by atoms with Gasteiger partial charge < -0.3 is 10.2 Å². The van der Waals surface area contributed by atoms with Gasteiger partial charge in [0.15, 0.2) is 0 Å². The second-order valence-electron chi connectivity index (χ2n) is 6.21. The van der Waals surface area contributed by atoms with Crippen molar-refractivity contribution in [2.24, 2.45) is 0 Å². The molecule has 1 aliphatic heterocycles. The molecular weight excluding hydrogens is 347 g/mol. The van der Waals surface area contributed by atoms with E-state index in [2.05, 4.69) is 10.4 Å². The normalized spacial score (nSPS) is 16.9. The molecule has 0 saturated carbocycles. The van der Waals surface area contributed by atoms with Crippen molar-refractivity contribution < 1.29 is 14.0 Å². The number of para-hydroxylation sites is 1. The van der Waals surface area contributed by atoms with Crippen molar-refractivity contribution in [2.75, 3.05) is 13.1 Å². The lowest BCUT2D eigenvalue weighted by Gasteiger charge is -2.35. The molecular formula is C20H17FN4O2. The molecule has 0 radical (unpaired) electrons. The quantitative estimate of drug-likeness (QED) is 0.776. The number of halogens is 1. The van der Waals surface area contributed by atoms with Gasteiger partial charge in [0.2, 0.25) is 5.91 Å². The van der Waals surface area contributed by atoms with Crippen molar-refractivity contribution >= 4 is 11.8 Å². The minimum absolute atomic E-state index is 0.273. The average molecular weight is 364 g/mol. The molecule has 27 heavy (non-hydrogen) atoms. The van der Waals surface area contributed by atoms with Crippen LogP contribution in [0.25, 0.3) is 5.69 Å². The first kappa shape index (κ1) is 17.0. The summed E-state index contributed by atoms with van der Waals surface area (Å²) in [5.74, 6) is -0.945. The van der Waals surface area contributed by atoms with Crippen LogP contribution in [-0.4, -0.2) is 39.6 Å². The number of rotatable bonds is 3. The number of carbonyl (C=O) groups is 2. The molecule has 6 nitrogen and oxygen atoms in total. The zero-order valence-electron chi connectivity index (χ0n) is 14.4. The third-order valence-corrected chi connectivity index (χ3v) is 4.54. The maximum absolute atomic E-state index is 13.3. The molecule has 0 spiro atoms. The van der Waals surface area contributed by atoms with Gasteiger partial charge in [0, 0.05) is 25.5 Å². The fraction of sp³-hybridized carbons (Fsp3) is 0.150. The van der Waals surface area contributed by atoms with E-state index in [1.54, 1.807) is 41.3 Å². The van der Waals surface area contributed by atoms with E-state index in [0.717, 1.165) is 0 Å². The van der Waals surface area contributed by atoms with Crippen LogP contribution in [-0.2, 0) is 4.79 Å². The van der Waals surface area contributed by atoms with Crippen molar-refractivity contribution in [3.63, 3.8) is 0 Å². The highest BCUT2D eigenvalue weighted by atomic mass is 19.1. The molecule has 0 bridgehead atoms. The highest BCUT2D eigenvalue weighted by Crippen LogP contribution is 2.27. The van der Waals surface area contributed by atoms with E-state index >= 15 is 0 Å². The van der Waals surface area contributed by atoms with Gasteiger partial charge in [-0.2, -0.15) is 5.10 Å². The molecule has 1 unspecified atom stereocenters. The Morgan fingerprint density at radius 3 is 2.63 bits per heavy atom. The first-order valence-corrected chi connectivity index (χ1v) is 8.58. The van der Waals surface area contributed by atoms with Gasteiger partial charge in [-0.3, -0.25) is 9.59 Å². The predicted molar refractivity (Wildman–Crippen MR) is 96.8 cm³/mol. The van der Waals surface area contributed by atoms with Gasteiger partial charge in [0.1, 0.15) is 11.9 Å². The fourth-order valence-corrected chi connectivity index (χ4v) is 3.28. The van der Waals surface area contributed by atoms with E-state index < -0.39 is 11.9 Å². The van der Waals surface area contributed by atoms with Gasteiger partial charge in [-0.15, -0.1) is 0 Å². The van der Waals surface area contributed by atoms with Crippen LogP contribution in [0.15, 0.2) is 67.0 Å². The summed E-state index contributed by atoms with van der Waals surface area (Å²) in [5.41, 5.74) is 1.65. The minimum atomic E-state index is -0.808. The van der Waals surface area contributed by atoms with E-state index in [1.165, 1.54) is 29.2 Å². The summed E-state index contributed by atoms with van der Waals surface area (Å²) in [5, 5.41) is 6.98. The molecule has 1 atom stereocenters. The smallest absolute Gasteiger partial charge is 0.257 e. The summed E-state index contributed by atoms with van der Waals surface area (Å²) in [6.45, 7) is 0.728. The Labute approximate surface area is 155 Å². The number of nitrogens with one attached hydrogen (secondary N) is 1. The lowest BCUT2D eigenvalue weighted by molar-refractivity contribution is -0.128. The summed E-state index contributed by atoms with van der Waals surface area (Å²) < 4.78 is 14.9. The minimum Gasteiger partial charge on any atom is -0.352 e. The van der Waals surface area contributed by atoms with E-state index in [1.807, 2.05) is 6.07 Å². The summed E-state index contributed by atoms with van der Waals surface area (Å²) in [7, 11) is 0. The summed E-state index contributed by atoms with van der Waals surface area (Å²) in [6.07, 6.45) is 3.39. The van der Waals surface area contributed by atoms with Crippen LogP contribution in [0.1, 0.15) is 22.0 Å². The van der Waals surface area contributed by atoms with Crippen LogP contribution in [0.4, 0.5) is 4.39 Å². The monoisotopic (exact) mass is 364 g/mol. The Hall–Kier alpha value is -3.48. The Morgan fingerprint density at radius 1 is 1.11 bits per heavy atom. The van der Waals surface area contributed by atoms with Gasteiger partial charge >= 0.3 is 0 Å². The molecule has 1 N–H and O–H groups in total. The molecule has 7 heteroatoms. The molecule has 1 fully saturated rings. The van der Waals surface area contributed by atoms with Crippen LogP contribution in [0, 0.1) is 5.82 Å². The first-order chi connectivity index (χ1) is 13.1. The topological polar surface area (TPSA) is 67.2 Å². The molecule has 0 aliphatic carbocycles. The molecule has 136 valence electrons. The zero-order chi connectivity index (χ0) is 18.8. The van der Waals surface area contributed by atoms with Crippen molar-refractivity contribution in [1.82, 2.24) is 20.0 Å². The molecule has 2 amide bonds. The van der Waals surface area contributed by atoms with Gasteiger partial charge in [-0.1, -0.05) is 24.3 Å². The van der Waals surface area contributed by atoms with E-state index in [4.69, 9.17) is 0 Å². The molecule has 1 aromatic heterocycles. The van der Waals surface area contributed by atoms with Crippen LogP contribution < -0.4 is 5.32 Å².